The van der Waals surface area contributed by atoms with E-state index in [0.29, 0.717) is 4.88 Å². The maximum absolute atomic E-state index is 12.0. The molecule has 94 valence electrons. The highest BCUT2D eigenvalue weighted by atomic mass is 79.9. The van der Waals surface area contributed by atoms with Gasteiger partial charge in [-0.05, 0) is 29.1 Å². The third-order valence-electron chi connectivity index (χ3n) is 2.70. The summed E-state index contributed by atoms with van der Waals surface area (Å²) in [7, 11) is 0. The maximum Gasteiger partial charge on any atom is 0.269 e. The second-order valence-electron chi connectivity index (χ2n) is 3.88. The molecule has 19 heavy (non-hydrogen) atoms. The normalized spacial score (nSPS) is 10.6. The van der Waals surface area contributed by atoms with Crippen molar-refractivity contribution < 1.29 is 4.79 Å². The van der Waals surface area contributed by atoms with Crippen molar-refractivity contribution in [3.8, 4) is 0 Å². The first-order valence-corrected chi connectivity index (χ1v) is 7.08. The van der Waals surface area contributed by atoms with Crippen molar-refractivity contribution in [3.05, 3.63) is 51.9 Å². The van der Waals surface area contributed by atoms with E-state index in [2.05, 4.69) is 30.8 Å². The number of aromatic nitrogens is 2. The fourth-order valence-corrected chi connectivity index (χ4v) is 2.71. The summed E-state index contributed by atoms with van der Waals surface area (Å²) in [6, 6.07) is 11.7. The zero-order valence-electron chi connectivity index (χ0n) is 9.63. The Kier molecular flexibility index (Phi) is 3.27. The maximum atomic E-state index is 12.0. The largest absolute Gasteiger partial charge is 0.321 e. The Morgan fingerprint density at radius 1 is 1.16 bits per heavy atom. The molecule has 1 N–H and O–H groups in total. The van der Waals surface area contributed by atoms with Gasteiger partial charge in [-0.3, -0.25) is 4.79 Å². The lowest BCUT2D eigenvalue weighted by Gasteiger charge is -2.08. The fourth-order valence-electron chi connectivity index (χ4n) is 1.82. The van der Waals surface area contributed by atoms with E-state index in [0.717, 1.165) is 32.5 Å². The summed E-state index contributed by atoms with van der Waals surface area (Å²) in [6.07, 6.45) is 1.46. The topological polar surface area (TPSA) is 54.9 Å². The number of hydrogen-bond donors (Lipinski definition) is 1. The lowest BCUT2D eigenvalue weighted by molar-refractivity contribution is 0.103. The number of amides is 1. The fraction of sp³-hybridized carbons (Fsp3) is 0. The lowest BCUT2D eigenvalue weighted by Crippen LogP contribution is -2.10. The van der Waals surface area contributed by atoms with Crippen molar-refractivity contribution in [1.29, 1.82) is 0 Å². The number of rotatable bonds is 2. The van der Waals surface area contributed by atoms with E-state index in [4.69, 9.17) is 0 Å². The smallest absolute Gasteiger partial charge is 0.269 e. The third-order valence-corrected chi connectivity index (χ3v) is 4.06. The first-order valence-electron chi connectivity index (χ1n) is 5.51. The van der Waals surface area contributed by atoms with Gasteiger partial charge in [-0.1, -0.05) is 44.7 Å². The molecular weight excluding hydrogens is 326 g/mol. The quantitative estimate of drug-likeness (QED) is 0.777. The van der Waals surface area contributed by atoms with E-state index < -0.39 is 0 Å². The van der Waals surface area contributed by atoms with Crippen molar-refractivity contribution in [2.24, 2.45) is 0 Å². The van der Waals surface area contributed by atoms with Crippen LogP contribution in [0.1, 0.15) is 9.67 Å². The van der Waals surface area contributed by atoms with Crippen molar-refractivity contribution in [2.45, 2.75) is 0 Å². The van der Waals surface area contributed by atoms with Gasteiger partial charge in [0.15, 0.2) is 0 Å². The molecule has 0 saturated carbocycles. The van der Waals surface area contributed by atoms with Gasteiger partial charge in [-0.15, -0.1) is 5.10 Å². The van der Waals surface area contributed by atoms with Crippen LogP contribution in [0, 0.1) is 0 Å². The van der Waals surface area contributed by atoms with Gasteiger partial charge in [-0.25, -0.2) is 0 Å². The van der Waals surface area contributed by atoms with E-state index in [1.54, 1.807) is 0 Å². The Morgan fingerprint density at radius 2 is 1.95 bits per heavy atom. The molecule has 0 radical (unpaired) electrons. The number of carbonyl (C=O) groups excluding carboxylic acids is 1. The van der Waals surface area contributed by atoms with E-state index >= 15 is 0 Å². The Hall–Kier alpha value is -1.79. The van der Waals surface area contributed by atoms with Crippen LogP contribution < -0.4 is 5.32 Å². The first kappa shape index (κ1) is 12.3. The predicted molar refractivity (Wildman–Crippen MR) is 79.5 cm³/mol. The van der Waals surface area contributed by atoms with Crippen molar-refractivity contribution >= 4 is 49.8 Å². The minimum absolute atomic E-state index is 0.192. The number of halogens is 1. The zero-order valence-corrected chi connectivity index (χ0v) is 12.0. The number of fused-ring (bicyclic) bond motifs is 1. The molecule has 1 aromatic heterocycles. The van der Waals surface area contributed by atoms with Crippen LogP contribution >= 0.6 is 27.5 Å². The monoisotopic (exact) mass is 333 g/mol. The van der Waals surface area contributed by atoms with Gasteiger partial charge in [0.05, 0.1) is 6.20 Å². The van der Waals surface area contributed by atoms with Crippen LogP contribution in [0.2, 0.25) is 0 Å². The van der Waals surface area contributed by atoms with Crippen LogP contribution in [-0.2, 0) is 0 Å². The van der Waals surface area contributed by atoms with E-state index in [9.17, 15) is 4.79 Å². The van der Waals surface area contributed by atoms with Crippen LogP contribution in [-0.4, -0.2) is 15.5 Å². The molecule has 1 amide bonds. The molecule has 3 aromatic rings. The van der Waals surface area contributed by atoms with Crippen LogP contribution in [0.25, 0.3) is 10.8 Å². The molecule has 0 fully saturated rings. The second kappa shape index (κ2) is 5.07. The summed E-state index contributed by atoms with van der Waals surface area (Å²) in [5.41, 5.74) is 0.775. The SMILES string of the molecule is O=C(Nc1ccc(Br)c2ccccc12)c1cnns1. The molecule has 4 nitrogen and oxygen atoms in total. The van der Waals surface area contributed by atoms with Gasteiger partial charge in [0.25, 0.3) is 5.91 Å². The lowest BCUT2D eigenvalue weighted by atomic mass is 10.1. The Balaban J connectivity index is 2.02. The van der Waals surface area contributed by atoms with Crippen LogP contribution in [0.4, 0.5) is 5.69 Å². The molecule has 1 heterocycles. The summed E-state index contributed by atoms with van der Waals surface area (Å²) >= 11 is 4.58. The van der Waals surface area contributed by atoms with Crippen LogP contribution in [0.3, 0.4) is 0 Å². The van der Waals surface area contributed by atoms with E-state index in [-0.39, 0.29) is 5.91 Å². The summed E-state index contributed by atoms with van der Waals surface area (Å²) in [5, 5.41) is 8.59. The zero-order chi connectivity index (χ0) is 13.2. The molecule has 0 bridgehead atoms. The Morgan fingerprint density at radius 3 is 2.68 bits per heavy atom. The summed E-state index contributed by atoms with van der Waals surface area (Å²) < 4.78 is 4.69. The second-order valence-corrected chi connectivity index (χ2v) is 5.52. The van der Waals surface area contributed by atoms with E-state index in [1.165, 1.54) is 6.20 Å². The molecule has 0 aliphatic rings. The molecule has 0 aliphatic heterocycles. The molecule has 3 rings (SSSR count). The minimum Gasteiger partial charge on any atom is -0.321 e. The number of carbonyl (C=O) groups is 1. The molecule has 0 aliphatic carbocycles. The first-order chi connectivity index (χ1) is 9.25. The number of nitrogens with zero attached hydrogens (tertiary/aromatic N) is 2. The highest BCUT2D eigenvalue weighted by Gasteiger charge is 2.11. The average Bonchev–Trinajstić information content (AvgIpc) is 2.96. The van der Waals surface area contributed by atoms with Crippen molar-refractivity contribution in [3.63, 3.8) is 0 Å². The highest BCUT2D eigenvalue weighted by Crippen LogP contribution is 2.30. The third kappa shape index (κ3) is 2.36. The van der Waals surface area contributed by atoms with Crippen molar-refractivity contribution in [2.75, 3.05) is 5.32 Å². The molecule has 0 unspecified atom stereocenters. The molecule has 2 aromatic carbocycles. The average molecular weight is 334 g/mol. The number of anilines is 1. The van der Waals surface area contributed by atoms with E-state index in [1.807, 2.05) is 36.4 Å². The minimum atomic E-state index is -0.192. The summed E-state index contributed by atoms with van der Waals surface area (Å²) in [4.78, 5) is 12.5. The standard InChI is InChI=1S/C13H8BrN3OS/c14-10-5-6-11(9-4-2-1-3-8(9)10)16-13(18)12-7-15-17-19-12/h1-7H,(H,16,18). The molecule has 0 atom stereocenters. The molecular formula is C13H8BrN3OS. The summed E-state index contributed by atoms with van der Waals surface area (Å²) in [5.74, 6) is -0.192. The summed E-state index contributed by atoms with van der Waals surface area (Å²) in [6.45, 7) is 0. The molecule has 0 spiro atoms. The number of hydrogen-bond acceptors (Lipinski definition) is 4. The number of benzene rings is 2. The van der Waals surface area contributed by atoms with Gasteiger partial charge in [0.2, 0.25) is 0 Å². The van der Waals surface area contributed by atoms with Gasteiger partial charge in [0.1, 0.15) is 4.88 Å². The van der Waals surface area contributed by atoms with Crippen molar-refractivity contribution in [1.82, 2.24) is 9.59 Å². The van der Waals surface area contributed by atoms with Gasteiger partial charge >= 0.3 is 0 Å². The Labute approximate surface area is 121 Å². The van der Waals surface area contributed by atoms with Gasteiger partial charge < -0.3 is 5.32 Å². The molecule has 6 heteroatoms. The molecule has 0 saturated heterocycles. The van der Waals surface area contributed by atoms with Gasteiger partial charge in [0, 0.05) is 15.5 Å². The predicted octanol–water partition coefficient (Wildman–Crippen LogP) is 3.71. The van der Waals surface area contributed by atoms with Crippen LogP contribution in [0.5, 0.6) is 0 Å². The van der Waals surface area contributed by atoms with Gasteiger partial charge in [-0.2, -0.15) is 0 Å². The highest BCUT2D eigenvalue weighted by molar-refractivity contribution is 9.10. The van der Waals surface area contributed by atoms with Crippen LogP contribution in [0.15, 0.2) is 47.1 Å². The Bertz CT molecular complexity index is 743. The number of nitrogens with one attached hydrogen (secondary N) is 1.